The minimum Gasteiger partial charge on any atom is -0.497 e. The Bertz CT molecular complexity index is 850. The molecule has 8 heteroatoms. The number of amides is 1. The molecule has 0 radical (unpaired) electrons. The van der Waals surface area contributed by atoms with E-state index in [9.17, 15) is 13.2 Å². The number of anilines is 1. The number of halogens is 1. The van der Waals surface area contributed by atoms with Crippen molar-refractivity contribution in [1.82, 2.24) is 4.72 Å². The van der Waals surface area contributed by atoms with Crippen molar-refractivity contribution in [1.29, 1.82) is 0 Å². The van der Waals surface area contributed by atoms with Gasteiger partial charge in [-0.2, -0.15) is 4.72 Å². The van der Waals surface area contributed by atoms with Gasteiger partial charge in [-0.3, -0.25) is 4.79 Å². The Balaban J connectivity index is 2.16. The van der Waals surface area contributed by atoms with Crippen LogP contribution < -0.4 is 14.8 Å². The summed E-state index contributed by atoms with van der Waals surface area (Å²) in [4.78, 5) is 12.7. The van der Waals surface area contributed by atoms with Gasteiger partial charge in [0.05, 0.1) is 12.0 Å². The lowest BCUT2D eigenvalue weighted by Gasteiger charge is -2.21. The van der Waals surface area contributed by atoms with Crippen LogP contribution in [0.4, 0.5) is 5.69 Å². The van der Waals surface area contributed by atoms with Crippen molar-refractivity contribution in [3.63, 3.8) is 0 Å². The first-order valence-electron chi connectivity index (χ1n) is 7.96. The molecule has 0 saturated carbocycles. The Hall–Kier alpha value is -1.90. The fraction of sp³-hybridized carbons (Fsp3) is 0.278. The van der Waals surface area contributed by atoms with E-state index in [1.165, 1.54) is 12.1 Å². The first kappa shape index (κ1) is 20.4. The molecule has 0 bridgehead atoms. The second kappa shape index (κ2) is 8.66. The minimum absolute atomic E-state index is 0.101. The van der Waals surface area contributed by atoms with E-state index >= 15 is 0 Å². The molecule has 140 valence electrons. The third-order valence-corrected chi connectivity index (χ3v) is 5.70. The number of benzene rings is 2. The van der Waals surface area contributed by atoms with Crippen molar-refractivity contribution in [3.05, 3.63) is 53.0 Å². The van der Waals surface area contributed by atoms with Gasteiger partial charge in [-0.15, -0.1) is 0 Å². The van der Waals surface area contributed by atoms with Gasteiger partial charge in [0.1, 0.15) is 11.8 Å². The van der Waals surface area contributed by atoms with Gasteiger partial charge in [0.25, 0.3) is 0 Å². The van der Waals surface area contributed by atoms with E-state index in [1.54, 1.807) is 57.4 Å². The van der Waals surface area contributed by atoms with Crippen LogP contribution >= 0.6 is 15.9 Å². The van der Waals surface area contributed by atoms with Crippen LogP contribution in [0.5, 0.6) is 5.75 Å². The summed E-state index contributed by atoms with van der Waals surface area (Å²) in [6.45, 7) is 3.56. The molecule has 0 aliphatic carbocycles. The largest absolute Gasteiger partial charge is 0.497 e. The zero-order valence-corrected chi connectivity index (χ0v) is 17.1. The molecule has 0 spiro atoms. The molecule has 0 aromatic heterocycles. The predicted octanol–water partition coefficient (Wildman–Crippen LogP) is 3.40. The van der Waals surface area contributed by atoms with Crippen LogP contribution in [0.3, 0.4) is 0 Å². The zero-order valence-electron chi connectivity index (χ0n) is 14.7. The standard InChI is InChI=1S/C18H21BrN2O4S/c1-12(2)17(18(22)20-14-6-8-15(25-3)9-7-14)21-26(23,24)16-10-4-13(19)5-11-16/h4-12,17,21H,1-3H3,(H,20,22)/t17-/m0/s1. The summed E-state index contributed by atoms with van der Waals surface area (Å²) in [5.41, 5.74) is 0.560. The number of ether oxygens (including phenoxy) is 1. The van der Waals surface area contributed by atoms with Crippen molar-refractivity contribution in [2.45, 2.75) is 24.8 Å². The lowest BCUT2D eigenvalue weighted by Crippen LogP contribution is -2.47. The van der Waals surface area contributed by atoms with E-state index in [1.807, 2.05) is 0 Å². The highest BCUT2D eigenvalue weighted by Crippen LogP contribution is 2.18. The molecule has 0 aliphatic rings. The number of sulfonamides is 1. The smallest absolute Gasteiger partial charge is 0.242 e. The summed E-state index contributed by atoms with van der Waals surface area (Å²) in [6, 6.07) is 12.1. The van der Waals surface area contributed by atoms with Crippen molar-refractivity contribution < 1.29 is 17.9 Å². The molecule has 0 heterocycles. The maximum absolute atomic E-state index is 12.6. The SMILES string of the molecule is COc1ccc(NC(=O)[C@@H](NS(=O)(=O)c2ccc(Br)cc2)C(C)C)cc1. The van der Waals surface area contributed by atoms with Gasteiger partial charge in [0.15, 0.2) is 0 Å². The molecule has 0 fully saturated rings. The fourth-order valence-electron chi connectivity index (χ4n) is 2.24. The number of hydrogen-bond acceptors (Lipinski definition) is 4. The molecular weight excluding hydrogens is 420 g/mol. The van der Waals surface area contributed by atoms with Gasteiger partial charge >= 0.3 is 0 Å². The second-order valence-electron chi connectivity index (χ2n) is 6.01. The Morgan fingerprint density at radius 2 is 1.62 bits per heavy atom. The van der Waals surface area contributed by atoms with Crippen molar-refractivity contribution >= 4 is 37.5 Å². The van der Waals surface area contributed by atoms with Crippen LogP contribution in [-0.2, 0) is 14.8 Å². The van der Waals surface area contributed by atoms with E-state index in [0.717, 1.165) is 4.47 Å². The third-order valence-electron chi connectivity index (χ3n) is 3.71. The molecule has 2 N–H and O–H groups in total. The van der Waals surface area contributed by atoms with Crippen molar-refractivity contribution in [2.75, 3.05) is 12.4 Å². The average molecular weight is 441 g/mol. The highest BCUT2D eigenvalue weighted by atomic mass is 79.9. The number of rotatable bonds is 7. The van der Waals surface area contributed by atoms with Gasteiger partial charge in [-0.05, 0) is 54.4 Å². The van der Waals surface area contributed by atoms with Crippen molar-refractivity contribution in [2.24, 2.45) is 5.92 Å². The number of carbonyl (C=O) groups excluding carboxylic acids is 1. The summed E-state index contributed by atoms with van der Waals surface area (Å²) < 4.78 is 33.5. The maximum Gasteiger partial charge on any atom is 0.242 e. The summed E-state index contributed by atoms with van der Waals surface area (Å²) >= 11 is 3.27. The van der Waals surface area contributed by atoms with Gasteiger partial charge in [0, 0.05) is 10.2 Å². The third kappa shape index (κ3) is 5.30. The average Bonchev–Trinajstić information content (AvgIpc) is 2.60. The molecule has 0 unspecified atom stereocenters. The minimum atomic E-state index is -3.82. The number of nitrogens with one attached hydrogen (secondary N) is 2. The van der Waals surface area contributed by atoms with E-state index in [2.05, 4.69) is 26.0 Å². The highest BCUT2D eigenvalue weighted by Gasteiger charge is 2.28. The Labute approximate surface area is 162 Å². The summed E-state index contributed by atoms with van der Waals surface area (Å²) in [6.07, 6.45) is 0. The van der Waals surface area contributed by atoms with Crippen LogP contribution in [0.25, 0.3) is 0 Å². The Kier molecular flexibility index (Phi) is 6.80. The summed E-state index contributed by atoms with van der Waals surface area (Å²) in [7, 11) is -2.27. The maximum atomic E-state index is 12.6. The van der Waals surface area contributed by atoms with E-state index < -0.39 is 22.0 Å². The molecule has 1 atom stereocenters. The molecule has 0 saturated heterocycles. The molecule has 6 nitrogen and oxygen atoms in total. The molecular formula is C18H21BrN2O4S. The Morgan fingerprint density at radius 1 is 1.04 bits per heavy atom. The fourth-order valence-corrected chi connectivity index (χ4v) is 3.84. The molecule has 0 aliphatic heterocycles. The quantitative estimate of drug-likeness (QED) is 0.690. The van der Waals surface area contributed by atoms with Crippen LogP contribution in [0.15, 0.2) is 57.9 Å². The molecule has 2 rings (SSSR count). The van der Waals surface area contributed by atoms with Crippen LogP contribution in [0, 0.1) is 5.92 Å². The number of carbonyl (C=O) groups is 1. The first-order valence-corrected chi connectivity index (χ1v) is 10.2. The molecule has 26 heavy (non-hydrogen) atoms. The summed E-state index contributed by atoms with van der Waals surface area (Å²) in [5, 5.41) is 2.73. The monoisotopic (exact) mass is 440 g/mol. The molecule has 1 amide bonds. The van der Waals surface area contributed by atoms with E-state index in [-0.39, 0.29) is 10.8 Å². The lowest BCUT2D eigenvalue weighted by atomic mass is 10.0. The second-order valence-corrected chi connectivity index (χ2v) is 8.64. The summed E-state index contributed by atoms with van der Waals surface area (Å²) in [5.74, 6) is 0.00340. The van der Waals surface area contributed by atoms with Crippen molar-refractivity contribution in [3.8, 4) is 5.75 Å². The van der Waals surface area contributed by atoms with E-state index in [0.29, 0.717) is 11.4 Å². The number of methoxy groups -OCH3 is 1. The van der Waals surface area contributed by atoms with Crippen LogP contribution in [-0.4, -0.2) is 27.5 Å². The predicted molar refractivity (Wildman–Crippen MR) is 105 cm³/mol. The van der Waals surface area contributed by atoms with Crippen LogP contribution in [0.2, 0.25) is 0 Å². The van der Waals surface area contributed by atoms with Gasteiger partial charge in [-0.25, -0.2) is 8.42 Å². The van der Waals surface area contributed by atoms with E-state index in [4.69, 9.17) is 4.74 Å². The normalized spacial score (nSPS) is 12.7. The Morgan fingerprint density at radius 3 is 2.12 bits per heavy atom. The molecule has 2 aromatic carbocycles. The van der Waals surface area contributed by atoms with Gasteiger partial charge in [0.2, 0.25) is 15.9 Å². The van der Waals surface area contributed by atoms with Gasteiger partial charge < -0.3 is 10.1 Å². The zero-order chi connectivity index (χ0) is 19.3. The lowest BCUT2D eigenvalue weighted by molar-refractivity contribution is -0.118. The van der Waals surface area contributed by atoms with Crippen LogP contribution in [0.1, 0.15) is 13.8 Å². The first-order chi connectivity index (χ1) is 12.2. The number of hydrogen-bond donors (Lipinski definition) is 2. The van der Waals surface area contributed by atoms with Gasteiger partial charge in [-0.1, -0.05) is 29.8 Å². The molecule has 2 aromatic rings. The topological polar surface area (TPSA) is 84.5 Å². The highest BCUT2D eigenvalue weighted by molar-refractivity contribution is 9.10.